The van der Waals surface area contributed by atoms with Crippen molar-refractivity contribution in [1.29, 1.82) is 0 Å². The summed E-state index contributed by atoms with van der Waals surface area (Å²) >= 11 is 0. The second-order valence-electron chi connectivity index (χ2n) is 5.81. The monoisotopic (exact) mass is 291 g/mol. The SMILES string of the molecule is CCCNCC1C2CN(c3ncc(C(=O)NO)cn3)CC12. The maximum atomic E-state index is 11.2. The number of hydroxylamine groups is 1. The van der Waals surface area contributed by atoms with E-state index in [4.69, 9.17) is 5.21 Å². The minimum Gasteiger partial charge on any atom is -0.340 e. The molecule has 0 radical (unpaired) electrons. The van der Waals surface area contributed by atoms with Gasteiger partial charge in [-0.1, -0.05) is 6.92 Å². The average Bonchev–Trinajstić information content (AvgIpc) is 2.97. The van der Waals surface area contributed by atoms with Crippen molar-refractivity contribution in [2.45, 2.75) is 13.3 Å². The van der Waals surface area contributed by atoms with Crippen LogP contribution in [-0.4, -0.2) is 47.3 Å². The minimum absolute atomic E-state index is 0.257. The Hall–Kier alpha value is -1.73. The van der Waals surface area contributed by atoms with E-state index in [1.54, 1.807) is 5.48 Å². The molecule has 0 bridgehead atoms. The van der Waals surface area contributed by atoms with Crippen LogP contribution in [0.3, 0.4) is 0 Å². The van der Waals surface area contributed by atoms with E-state index in [2.05, 4.69) is 27.1 Å². The summed E-state index contributed by atoms with van der Waals surface area (Å²) in [7, 11) is 0. The van der Waals surface area contributed by atoms with E-state index in [1.165, 1.54) is 18.8 Å². The third-order valence-electron chi connectivity index (χ3n) is 4.46. The summed E-state index contributed by atoms with van der Waals surface area (Å²) in [5.74, 6) is 2.37. The molecule has 2 atom stereocenters. The number of hydrogen-bond donors (Lipinski definition) is 3. The molecule has 1 aliphatic carbocycles. The standard InChI is InChI=1S/C14H21N5O2/c1-2-3-15-6-10-11-7-19(8-12(10)11)14-16-4-9(5-17-14)13(20)18-21/h4-5,10-12,15,21H,2-3,6-8H2,1H3,(H,18,20). The Labute approximate surface area is 123 Å². The van der Waals surface area contributed by atoms with Gasteiger partial charge < -0.3 is 10.2 Å². The van der Waals surface area contributed by atoms with Gasteiger partial charge in [-0.25, -0.2) is 15.4 Å². The van der Waals surface area contributed by atoms with Gasteiger partial charge in [0.05, 0.1) is 5.56 Å². The summed E-state index contributed by atoms with van der Waals surface area (Å²) in [6.45, 7) is 6.38. The summed E-state index contributed by atoms with van der Waals surface area (Å²) < 4.78 is 0. The molecule has 1 aromatic rings. The maximum absolute atomic E-state index is 11.2. The van der Waals surface area contributed by atoms with Gasteiger partial charge in [0.25, 0.3) is 5.91 Å². The van der Waals surface area contributed by atoms with Crippen LogP contribution in [0.25, 0.3) is 0 Å². The lowest BCUT2D eigenvalue weighted by Gasteiger charge is -2.19. The number of nitrogens with one attached hydrogen (secondary N) is 2. The van der Waals surface area contributed by atoms with Gasteiger partial charge in [-0.15, -0.1) is 0 Å². The van der Waals surface area contributed by atoms with Crippen molar-refractivity contribution in [2.75, 3.05) is 31.1 Å². The van der Waals surface area contributed by atoms with Gasteiger partial charge in [0, 0.05) is 25.5 Å². The smallest absolute Gasteiger partial charge is 0.277 e. The first-order chi connectivity index (χ1) is 10.2. The topological polar surface area (TPSA) is 90.4 Å². The van der Waals surface area contributed by atoms with Gasteiger partial charge in [-0.2, -0.15) is 0 Å². The molecule has 0 spiro atoms. The molecule has 21 heavy (non-hydrogen) atoms. The fourth-order valence-corrected chi connectivity index (χ4v) is 3.23. The fourth-order valence-electron chi connectivity index (χ4n) is 3.23. The Balaban J connectivity index is 1.51. The van der Waals surface area contributed by atoms with E-state index in [0.29, 0.717) is 5.95 Å². The molecule has 2 aliphatic rings. The molecule has 114 valence electrons. The summed E-state index contributed by atoms with van der Waals surface area (Å²) in [6, 6.07) is 0. The zero-order valence-corrected chi connectivity index (χ0v) is 12.1. The van der Waals surface area contributed by atoms with Crippen LogP contribution < -0.4 is 15.7 Å². The van der Waals surface area contributed by atoms with Gasteiger partial charge in [-0.05, 0) is 37.3 Å². The van der Waals surface area contributed by atoms with E-state index in [-0.39, 0.29) is 5.56 Å². The van der Waals surface area contributed by atoms with E-state index in [9.17, 15) is 4.79 Å². The summed E-state index contributed by atoms with van der Waals surface area (Å²) in [4.78, 5) is 21.8. The molecular weight excluding hydrogens is 270 g/mol. The van der Waals surface area contributed by atoms with Crippen molar-refractivity contribution in [3.8, 4) is 0 Å². The molecular formula is C14H21N5O2. The maximum Gasteiger partial charge on any atom is 0.277 e. The lowest BCUT2D eigenvalue weighted by molar-refractivity contribution is 0.0705. The number of aromatic nitrogens is 2. The van der Waals surface area contributed by atoms with E-state index in [0.717, 1.165) is 43.9 Å². The largest absolute Gasteiger partial charge is 0.340 e. The minimum atomic E-state index is -0.590. The van der Waals surface area contributed by atoms with Crippen LogP contribution in [-0.2, 0) is 0 Å². The number of fused-ring (bicyclic) bond motifs is 1. The highest BCUT2D eigenvalue weighted by atomic mass is 16.5. The number of amides is 1. The number of carbonyl (C=O) groups excluding carboxylic acids is 1. The Morgan fingerprint density at radius 3 is 2.62 bits per heavy atom. The number of carbonyl (C=O) groups is 1. The van der Waals surface area contributed by atoms with Gasteiger partial charge in [0.15, 0.2) is 0 Å². The first-order valence-electron chi connectivity index (χ1n) is 7.46. The normalized spacial score (nSPS) is 26.6. The molecule has 1 saturated heterocycles. The Bertz CT molecular complexity index is 495. The zero-order valence-electron chi connectivity index (χ0n) is 12.1. The molecule has 1 saturated carbocycles. The number of nitrogens with zero attached hydrogens (tertiary/aromatic N) is 3. The first-order valence-corrected chi connectivity index (χ1v) is 7.46. The van der Waals surface area contributed by atoms with Crippen molar-refractivity contribution in [3.63, 3.8) is 0 Å². The van der Waals surface area contributed by atoms with E-state index in [1.807, 2.05) is 0 Å². The highest BCUT2D eigenvalue weighted by Crippen LogP contribution is 2.51. The predicted octanol–water partition coefficient (Wildman–Crippen LogP) is 0.277. The summed E-state index contributed by atoms with van der Waals surface area (Å²) in [5.41, 5.74) is 1.83. The summed E-state index contributed by atoms with van der Waals surface area (Å²) in [5, 5.41) is 12.0. The van der Waals surface area contributed by atoms with Crippen molar-refractivity contribution >= 4 is 11.9 Å². The van der Waals surface area contributed by atoms with Crippen molar-refractivity contribution in [1.82, 2.24) is 20.8 Å². The van der Waals surface area contributed by atoms with Crippen molar-refractivity contribution < 1.29 is 10.0 Å². The van der Waals surface area contributed by atoms with Gasteiger partial charge in [0.1, 0.15) is 0 Å². The van der Waals surface area contributed by atoms with E-state index < -0.39 is 5.91 Å². The second kappa shape index (κ2) is 5.95. The molecule has 3 rings (SSSR count). The average molecular weight is 291 g/mol. The number of hydrogen-bond acceptors (Lipinski definition) is 6. The number of anilines is 1. The molecule has 1 aliphatic heterocycles. The van der Waals surface area contributed by atoms with Crippen LogP contribution in [0, 0.1) is 17.8 Å². The molecule has 1 aromatic heterocycles. The highest BCUT2D eigenvalue weighted by Gasteiger charge is 2.55. The Morgan fingerprint density at radius 1 is 1.38 bits per heavy atom. The molecule has 2 heterocycles. The van der Waals surface area contributed by atoms with Gasteiger partial charge in [0.2, 0.25) is 5.95 Å². The zero-order chi connectivity index (χ0) is 14.8. The number of rotatable bonds is 6. The fraction of sp³-hybridized carbons (Fsp3) is 0.643. The Kier molecular flexibility index (Phi) is 4.03. The second-order valence-corrected chi connectivity index (χ2v) is 5.81. The van der Waals surface area contributed by atoms with Crippen molar-refractivity contribution in [2.24, 2.45) is 17.8 Å². The molecule has 3 N–H and O–H groups in total. The van der Waals surface area contributed by atoms with E-state index >= 15 is 0 Å². The van der Waals surface area contributed by atoms with Crippen LogP contribution in [0.15, 0.2) is 12.4 Å². The molecule has 2 fully saturated rings. The van der Waals surface area contributed by atoms with Gasteiger partial charge in [-0.3, -0.25) is 10.0 Å². The molecule has 7 heteroatoms. The Morgan fingerprint density at radius 2 is 2.05 bits per heavy atom. The molecule has 7 nitrogen and oxygen atoms in total. The molecule has 0 aromatic carbocycles. The lowest BCUT2D eigenvalue weighted by Crippen LogP contribution is -2.29. The van der Waals surface area contributed by atoms with Crippen LogP contribution in [0.4, 0.5) is 5.95 Å². The van der Waals surface area contributed by atoms with Gasteiger partial charge >= 0.3 is 0 Å². The van der Waals surface area contributed by atoms with Crippen LogP contribution >= 0.6 is 0 Å². The molecule has 2 unspecified atom stereocenters. The highest BCUT2D eigenvalue weighted by molar-refractivity contribution is 5.92. The predicted molar refractivity (Wildman–Crippen MR) is 77.1 cm³/mol. The number of piperidine rings is 1. The van der Waals surface area contributed by atoms with Crippen LogP contribution in [0.2, 0.25) is 0 Å². The quantitative estimate of drug-likeness (QED) is 0.396. The van der Waals surface area contributed by atoms with Crippen molar-refractivity contribution in [3.05, 3.63) is 18.0 Å². The summed E-state index contributed by atoms with van der Waals surface area (Å²) in [6.07, 6.45) is 4.06. The third-order valence-corrected chi connectivity index (χ3v) is 4.46. The third kappa shape index (κ3) is 2.84. The van der Waals surface area contributed by atoms with Crippen LogP contribution in [0.1, 0.15) is 23.7 Å². The lowest BCUT2D eigenvalue weighted by atomic mass is 10.2. The molecule has 1 amide bonds. The van der Waals surface area contributed by atoms with Crippen LogP contribution in [0.5, 0.6) is 0 Å². The first kappa shape index (κ1) is 14.2.